The van der Waals surface area contributed by atoms with Crippen LogP contribution in [0.4, 0.5) is 0 Å². The van der Waals surface area contributed by atoms with Crippen molar-refractivity contribution in [1.82, 2.24) is 4.98 Å². The molecular weight excluding hydrogens is 232 g/mol. The molecule has 0 aliphatic heterocycles. The Kier molecular flexibility index (Phi) is 3.25. The predicted octanol–water partition coefficient (Wildman–Crippen LogP) is 3.33. The molecule has 1 aromatic heterocycles. The molecule has 0 fully saturated rings. The number of benzene rings is 2. The third-order valence-electron chi connectivity index (χ3n) is 3.48. The summed E-state index contributed by atoms with van der Waals surface area (Å²) in [7, 11) is 0. The van der Waals surface area contributed by atoms with Gasteiger partial charge in [0.25, 0.3) is 0 Å². The van der Waals surface area contributed by atoms with Crippen LogP contribution >= 0.6 is 0 Å². The highest BCUT2D eigenvalue weighted by Crippen LogP contribution is 2.28. The predicted molar refractivity (Wildman–Crippen MR) is 79.1 cm³/mol. The summed E-state index contributed by atoms with van der Waals surface area (Å²) in [6.45, 7) is 0.561. The van der Waals surface area contributed by atoms with Crippen LogP contribution in [0.25, 0.3) is 10.8 Å². The molecule has 3 rings (SSSR count). The smallest absolute Gasteiger partial charge is 0.0491 e. The Labute approximate surface area is 112 Å². The van der Waals surface area contributed by atoms with Gasteiger partial charge in [0.15, 0.2) is 0 Å². The maximum atomic E-state index is 5.99. The van der Waals surface area contributed by atoms with Crippen molar-refractivity contribution in [3.8, 4) is 0 Å². The van der Waals surface area contributed by atoms with Crippen molar-refractivity contribution in [3.05, 3.63) is 78.1 Å². The Morgan fingerprint density at radius 1 is 0.895 bits per heavy atom. The quantitative estimate of drug-likeness (QED) is 0.772. The minimum Gasteiger partial charge on any atom is -0.329 e. The van der Waals surface area contributed by atoms with E-state index >= 15 is 0 Å². The van der Waals surface area contributed by atoms with Gasteiger partial charge in [-0.3, -0.25) is 4.98 Å². The van der Waals surface area contributed by atoms with Crippen LogP contribution in [-0.4, -0.2) is 11.5 Å². The molecule has 1 atom stereocenters. The number of rotatable bonds is 3. The van der Waals surface area contributed by atoms with E-state index in [-0.39, 0.29) is 5.92 Å². The summed E-state index contributed by atoms with van der Waals surface area (Å²) in [6.07, 6.45) is 1.82. The van der Waals surface area contributed by atoms with Crippen molar-refractivity contribution in [1.29, 1.82) is 0 Å². The molecule has 2 nitrogen and oxygen atoms in total. The first-order chi connectivity index (χ1) is 9.40. The largest absolute Gasteiger partial charge is 0.329 e. The zero-order valence-electron chi connectivity index (χ0n) is 10.7. The average Bonchev–Trinajstić information content (AvgIpc) is 2.49. The van der Waals surface area contributed by atoms with E-state index < -0.39 is 0 Å². The van der Waals surface area contributed by atoms with Crippen LogP contribution in [0, 0.1) is 0 Å². The summed E-state index contributed by atoms with van der Waals surface area (Å²) >= 11 is 0. The number of hydrogen-bond acceptors (Lipinski definition) is 2. The first kappa shape index (κ1) is 11.9. The zero-order valence-corrected chi connectivity index (χ0v) is 10.7. The normalized spacial score (nSPS) is 12.5. The zero-order chi connectivity index (χ0) is 13.1. The molecule has 0 spiro atoms. The monoisotopic (exact) mass is 248 g/mol. The van der Waals surface area contributed by atoms with Gasteiger partial charge in [-0.05, 0) is 28.5 Å². The summed E-state index contributed by atoms with van der Waals surface area (Å²) in [6, 6.07) is 20.8. The lowest BCUT2D eigenvalue weighted by molar-refractivity contribution is 0.793. The van der Waals surface area contributed by atoms with Crippen molar-refractivity contribution in [2.24, 2.45) is 5.73 Å². The molecule has 0 aliphatic rings. The summed E-state index contributed by atoms with van der Waals surface area (Å²) in [5.41, 5.74) is 8.27. The Morgan fingerprint density at radius 3 is 2.47 bits per heavy atom. The molecule has 0 unspecified atom stereocenters. The minimum absolute atomic E-state index is 0.146. The second-order valence-electron chi connectivity index (χ2n) is 4.61. The van der Waals surface area contributed by atoms with Crippen molar-refractivity contribution in [3.63, 3.8) is 0 Å². The fourth-order valence-corrected chi connectivity index (χ4v) is 2.54. The van der Waals surface area contributed by atoms with E-state index in [9.17, 15) is 0 Å². The van der Waals surface area contributed by atoms with Gasteiger partial charge in [-0.2, -0.15) is 0 Å². The molecule has 19 heavy (non-hydrogen) atoms. The molecule has 1 heterocycles. The van der Waals surface area contributed by atoms with Crippen LogP contribution in [0.2, 0.25) is 0 Å². The van der Waals surface area contributed by atoms with Crippen LogP contribution < -0.4 is 5.73 Å². The van der Waals surface area contributed by atoms with Crippen molar-refractivity contribution in [2.45, 2.75) is 5.92 Å². The van der Waals surface area contributed by atoms with Crippen LogP contribution in [0.1, 0.15) is 17.2 Å². The molecule has 2 heteroatoms. The number of hydrogen-bond donors (Lipinski definition) is 1. The van der Waals surface area contributed by atoms with E-state index in [0.29, 0.717) is 6.54 Å². The second-order valence-corrected chi connectivity index (χ2v) is 4.61. The van der Waals surface area contributed by atoms with Gasteiger partial charge in [0.2, 0.25) is 0 Å². The van der Waals surface area contributed by atoms with Crippen molar-refractivity contribution >= 4 is 10.8 Å². The van der Waals surface area contributed by atoms with E-state index in [4.69, 9.17) is 5.73 Å². The molecule has 0 saturated carbocycles. The fourth-order valence-electron chi connectivity index (χ4n) is 2.54. The Hall–Kier alpha value is -2.19. The Bertz CT molecular complexity index is 672. The number of pyridine rings is 1. The van der Waals surface area contributed by atoms with Gasteiger partial charge < -0.3 is 5.73 Å². The SMILES string of the molecule is NC[C@@H](c1ccccn1)c1cccc2ccccc12. The number of aromatic nitrogens is 1. The van der Waals surface area contributed by atoms with Gasteiger partial charge in [0.05, 0.1) is 0 Å². The van der Waals surface area contributed by atoms with Crippen molar-refractivity contribution < 1.29 is 0 Å². The standard InChI is InChI=1S/C17H16N2/c18-12-16(17-10-3-4-11-19-17)15-9-5-7-13-6-1-2-8-14(13)15/h1-11,16H,12,18H2/t16-/m1/s1. The van der Waals surface area contributed by atoms with E-state index in [1.54, 1.807) is 0 Å². The Balaban J connectivity index is 2.17. The molecule has 0 bridgehead atoms. The van der Waals surface area contributed by atoms with E-state index in [0.717, 1.165) is 5.69 Å². The molecule has 0 aliphatic carbocycles. The third kappa shape index (κ3) is 2.23. The van der Waals surface area contributed by atoms with Gasteiger partial charge >= 0.3 is 0 Å². The number of nitrogens with zero attached hydrogens (tertiary/aromatic N) is 1. The maximum Gasteiger partial charge on any atom is 0.0491 e. The minimum atomic E-state index is 0.146. The third-order valence-corrected chi connectivity index (χ3v) is 3.48. The summed E-state index contributed by atoms with van der Waals surface area (Å²) < 4.78 is 0. The lowest BCUT2D eigenvalue weighted by Crippen LogP contribution is -2.15. The van der Waals surface area contributed by atoms with Crippen LogP contribution in [0.5, 0.6) is 0 Å². The van der Waals surface area contributed by atoms with Crippen molar-refractivity contribution in [2.75, 3.05) is 6.54 Å². The fraction of sp³-hybridized carbons (Fsp3) is 0.118. The maximum absolute atomic E-state index is 5.99. The highest BCUT2D eigenvalue weighted by molar-refractivity contribution is 5.86. The lowest BCUT2D eigenvalue weighted by atomic mass is 9.91. The van der Waals surface area contributed by atoms with Crippen LogP contribution in [-0.2, 0) is 0 Å². The average molecular weight is 248 g/mol. The summed E-state index contributed by atoms with van der Waals surface area (Å²) in [4.78, 5) is 4.45. The van der Waals surface area contributed by atoms with E-state index in [1.807, 2.05) is 24.4 Å². The van der Waals surface area contributed by atoms with Gasteiger partial charge in [-0.15, -0.1) is 0 Å². The second kappa shape index (κ2) is 5.21. The van der Waals surface area contributed by atoms with E-state index in [2.05, 4.69) is 47.4 Å². The number of nitrogens with two attached hydrogens (primary N) is 1. The summed E-state index contributed by atoms with van der Waals surface area (Å²) in [5.74, 6) is 0.146. The molecule has 0 saturated heterocycles. The molecule has 94 valence electrons. The molecule has 0 radical (unpaired) electrons. The van der Waals surface area contributed by atoms with Crippen LogP contribution in [0.3, 0.4) is 0 Å². The molecular formula is C17H16N2. The first-order valence-electron chi connectivity index (χ1n) is 6.49. The molecule has 2 aromatic carbocycles. The van der Waals surface area contributed by atoms with Gasteiger partial charge in [0.1, 0.15) is 0 Å². The molecule has 0 amide bonds. The molecule has 2 N–H and O–H groups in total. The van der Waals surface area contributed by atoms with Crippen LogP contribution in [0.15, 0.2) is 66.9 Å². The highest BCUT2D eigenvalue weighted by Gasteiger charge is 2.15. The van der Waals surface area contributed by atoms with E-state index in [1.165, 1.54) is 16.3 Å². The first-order valence-corrected chi connectivity index (χ1v) is 6.49. The lowest BCUT2D eigenvalue weighted by Gasteiger charge is -2.17. The summed E-state index contributed by atoms with van der Waals surface area (Å²) in [5, 5.41) is 2.50. The van der Waals surface area contributed by atoms with Gasteiger partial charge in [0, 0.05) is 24.4 Å². The highest BCUT2D eigenvalue weighted by atomic mass is 14.7. The Morgan fingerprint density at radius 2 is 1.68 bits per heavy atom. The molecule has 3 aromatic rings. The topological polar surface area (TPSA) is 38.9 Å². The van der Waals surface area contributed by atoms with Gasteiger partial charge in [-0.25, -0.2) is 0 Å². The number of fused-ring (bicyclic) bond motifs is 1. The van der Waals surface area contributed by atoms with Gasteiger partial charge in [-0.1, -0.05) is 48.5 Å².